The second-order valence-electron chi connectivity index (χ2n) is 6.76. The molecule has 1 fully saturated rings. The van der Waals surface area contributed by atoms with Crippen molar-refractivity contribution >= 4 is 40.1 Å². The Morgan fingerprint density at radius 2 is 1.77 bits per heavy atom. The highest BCUT2D eigenvalue weighted by molar-refractivity contribution is 7.11. The van der Waals surface area contributed by atoms with Crippen molar-refractivity contribution in [1.29, 1.82) is 0 Å². The highest BCUT2D eigenvalue weighted by Gasteiger charge is 2.43. The fourth-order valence-corrected chi connectivity index (χ4v) is 4.30. The fraction of sp³-hybridized carbons (Fsp3) is 0.300. The number of carbonyl (C=O) groups excluding carboxylic acids is 2. The number of benzene rings is 1. The van der Waals surface area contributed by atoms with Gasteiger partial charge in [0.15, 0.2) is 0 Å². The van der Waals surface area contributed by atoms with E-state index in [0.29, 0.717) is 17.0 Å². The maximum Gasteiger partial charge on any atom is 0.282 e. The Morgan fingerprint density at radius 3 is 2.42 bits per heavy atom. The Labute approximate surface area is 157 Å². The number of imide groups is 1. The predicted octanol–water partition coefficient (Wildman–Crippen LogP) is 3.19. The van der Waals surface area contributed by atoms with Crippen LogP contribution < -0.4 is 9.80 Å². The molecule has 0 atom stereocenters. The molecule has 2 aliphatic heterocycles. The molecule has 2 aromatic rings. The van der Waals surface area contributed by atoms with E-state index in [1.807, 2.05) is 60.8 Å². The quantitative estimate of drug-likeness (QED) is 0.779. The summed E-state index contributed by atoms with van der Waals surface area (Å²) in [5.41, 5.74) is 2.68. The van der Waals surface area contributed by atoms with Gasteiger partial charge in [0.05, 0.1) is 11.3 Å². The van der Waals surface area contributed by atoms with E-state index in [1.165, 1.54) is 16.2 Å². The van der Waals surface area contributed by atoms with E-state index in [9.17, 15) is 9.59 Å². The number of nitrogens with zero attached hydrogens (tertiary/aromatic N) is 3. The maximum atomic E-state index is 13.3. The molecular weight excluding hydrogens is 346 g/mol. The maximum absolute atomic E-state index is 13.3. The van der Waals surface area contributed by atoms with Crippen LogP contribution >= 0.6 is 11.3 Å². The first-order chi connectivity index (χ1) is 12.6. The van der Waals surface area contributed by atoms with Gasteiger partial charge in [0.1, 0.15) is 5.70 Å². The summed E-state index contributed by atoms with van der Waals surface area (Å²) in [5.74, 6) is -0.438. The van der Waals surface area contributed by atoms with E-state index in [1.54, 1.807) is 0 Å². The number of hydrogen-bond donors (Lipinski definition) is 0. The Kier molecular flexibility index (Phi) is 4.28. The number of hydrogen-bond acceptors (Lipinski definition) is 5. The molecule has 5 nitrogen and oxygen atoms in total. The van der Waals surface area contributed by atoms with Gasteiger partial charge >= 0.3 is 0 Å². The van der Waals surface area contributed by atoms with E-state index in [-0.39, 0.29) is 11.8 Å². The molecule has 0 radical (unpaired) electrons. The Bertz CT molecular complexity index is 880. The van der Waals surface area contributed by atoms with Crippen LogP contribution in [0.3, 0.4) is 0 Å². The van der Waals surface area contributed by atoms with Crippen LogP contribution in [0.4, 0.5) is 11.4 Å². The molecule has 0 saturated carbocycles. The van der Waals surface area contributed by atoms with E-state index in [2.05, 4.69) is 4.90 Å². The first-order valence-electron chi connectivity index (χ1n) is 8.77. The van der Waals surface area contributed by atoms with Crippen molar-refractivity contribution in [3.63, 3.8) is 0 Å². The SMILES string of the molecule is CN(C)c1cccc(N2C(=O)C(c3cccs3)=C(N3CCCC3)C2=O)c1. The summed E-state index contributed by atoms with van der Waals surface area (Å²) >= 11 is 1.50. The van der Waals surface area contributed by atoms with Crippen LogP contribution in [0.2, 0.25) is 0 Å². The number of likely N-dealkylation sites (tertiary alicyclic amines) is 1. The Balaban J connectivity index is 1.80. The van der Waals surface area contributed by atoms with Crippen molar-refractivity contribution in [1.82, 2.24) is 4.90 Å². The van der Waals surface area contributed by atoms with Crippen LogP contribution in [0, 0.1) is 0 Å². The number of anilines is 2. The highest BCUT2D eigenvalue weighted by Crippen LogP contribution is 2.38. The van der Waals surface area contributed by atoms with Crippen LogP contribution in [0.15, 0.2) is 47.5 Å². The van der Waals surface area contributed by atoms with Gasteiger partial charge in [-0.05, 0) is 42.5 Å². The van der Waals surface area contributed by atoms with Gasteiger partial charge in [-0.2, -0.15) is 0 Å². The van der Waals surface area contributed by atoms with Crippen molar-refractivity contribution in [3.05, 3.63) is 52.4 Å². The average molecular weight is 367 g/mol. The molecule has 0 aliphatic carbocycles. The topological polar surface area (TPSA) is 43.9 Å². The normalized spacial score (nSPS) is 17.6. The van der Waals surface area contributed by atoms with Crippen molar-refractivity contribution in [2.45, 2.75) is 12.8 Å². The summed E-state index contributed by atoms with van der Waals surface area (Å²) in [7, 11) is 3.88. The minimum Gasteiger partial charge on any atom is -0.378 e. The molecule has 4 rings (SSSR count). The van der Waals surface area contributed by atoms with Crippen LogP contribution in [0.1, 0.15) is 17.7 Å². The van der Waals surface area contributed by atoms with Gasteiger partial charge in [0.25, 0.3) is 11.8 Å². The molecule has 134 valence electrons. The lowest BCUT2D eigenvalue weighted by Crippen LogP contribution is -2.34. The summed E-state index contributed by atoms with van der Waals surface area (Å²) in [4.78, 5) is 32.8. The van der Waals surface area contributed by atoms with Crippen molar-refractivity contribution in [2.75, 3.05) is 37.0 Å². The molecule has 26 heavy (non-hydrogen) atoms. The van der Waals surface area contributed by atoms with E-state index in [4.69, 9.17) is 0 Å². The van der Waals surface area contributed by atoms with Crippen LogP contribution in [-0.4, -0.2) is 43.9 Å². The Morgan fingerprint density at radius 1 is 1.00 bits per heavy atom. The van der Waals surface area contributed by atoms with Gasteiger partial charge in [0, 0.05) is 37.7 Å². The molecule has 2 amide bonds. The number of carbonyl (C=O) groups is 2. The minimum absolute atomic E-state index is 0.212. The summed E-state index contributed by atoms with van der Waals surface area (Å²) in [5, 5.41) is 1.94. The lowest BCUT2D eigenvalue weighted by molar-refractivity contribution is -0.120. The Hall–Kier alpha value is -2.60. The standard InChI is InChI=1S/C20H21N3O2S/c1-21(2)14-7-5-8-15(13-14)23-19(24)17(16-9-6-12-26-16)18(20(23)25)22-10-3-4-11-22/h5-9,12-13H,3-4,10-11H2,1-2H3. The molecule has 2 aliphatic rings. The van der Waals surface area contributed by atoms with Crippen molar-refractivity contribution in [3.8, 4) is 0 Å². The highest BCUT2D eigenvalue weighted by atomic mass is 32.1. The van der Waals surface area contributed by atoms with Gasteiger partial charge in [-0.15, -0.1) is 11.3 Å². The third kappa shape index (κ3) is 2.70. The zero-order valence-corrected chi connectivity index (χ0v) is 15.8. The van der Waals surface area contributed by atoms with Crippen molar-refractivity contribution < 1.29 is 9.59 Å². The third-order valence-corrected chi connectivity index (χ3v) is 5.74. The molecule has 0 spiro atoms. The average Bonchev–Trinajstić information content (AvgIpc) is 3.36. The molecule has 1 saturated heterocycles. The first-order valence-corrected chi connectivity index (χ1v) is 9.65. The monoisotopic (exact) mass is 367 g/mol. The summed E-state index contributed by atoms with van der Waals surface area (Å²) in [6, 6.07) is 11.4. The van der Waals surface area contributed by atoms with Gasteiger partial charge in [-0.25, -0.2) is 4.90 Å². The molecule has 1 aromatic carbocycles. The smallest absolute Gasteiger partial charge is 0.282 e. The van der Waals surface area contributed by atoms with Gasteiger partial charge in [0.2, 0.25) is 0 Å². The summed E-state index contributed by atoms with van der Waals surface area (Å²) in [6.07, 6.45) is 2.11. The minimum atomic E-state index is -0.227. The predicted molar refractivity (Wildman–Crippen MR) is 105 cm³/mol. The molecule has 6 heteroatoms. The van der Waals surface area contributed by atoms with E-state index in [0.717, 1.165) is 36.5 Å². The summed E-state index contributed by atoms with van der Waals surface area (Å²) < 4.78 is 0. The second-order valence-corrected chi connectivity index (χ2v) is 7.70. The van der Waals surface area contributed by atoms with E-state index < -0.39 is 0 Å². The van der Waals surface area contributed by atoms with Crippen LogP contribution in [-0.2, 0) is 9.59 Å². The second kappa shape index (κ2) is 6.61. The lowest BCUT2D eigenvalue weighted by atomic mass is 10.2. The molecule has 1 aromatic heterocycles. The van der Waals surface area contributed by atoms with Crippen LogP contribution in [0.5, 0.6) is 0 Å². The van der Waals surface area contributed by atoms with Gasteiger partial charge in [-0.3, -0.25) is 9.59 Å². The van der Waals surface area contributed by atoms with Crippen molar-refractivity contribution in [2.24, 2.45) is 0 Å². The van der Waals surface area contributed by atoms with E-state index >= 15 is 0 Å². The number of amides is 2. The van der Waals surface area contributed by atoms with Crippen LogP contribution in [0.25, 0.3) is 5.57 Å². The molecule has 0 bridgehead atoms. The fourth-order valence-electron chi connectivity index (χ4n) is 3.54. The molecular formula is C20H21N3O2S. The largest absolute Gasteiger partial charge is 0.378 e. The molecule has 0 unspecified atom stereocenters. The number of rotatable bonds is 4. The molecule has 3 heterocycles. The number of thiophene rings is 1. The first kappa shape index (κ1) is 16.8. The zero-order valence-electron chi connectivity index (χ0n) is 14.9. The zero-order chi connectivity index (χ0) is 18.3. The van der Waals surface area contributed by atoms with Gasteiger partial charge in [-0.1, -0.05) is 12.1 Å². The molecule has 0 N–H and O–H groups in total. The van der Waals surface area contributed by atoms with Gasteiger partial charge < -0.3 is 9.80 Å². The summed E-state index contributed by atoms with van der Waals surface area (Å²) in [6.45, 7) is 1.66. The third-order valence-electron chi connectivity index (χ3n) is 4.85. The lowest BCUT2D eigenvalue weighted by Gasteiger charge is -2.21.